The Hall–Kier alpha value is -0.500. The summed E-state index contributed by atoms with van der Waals surface area (Å²) < 4.78 is 0. The highest BCUT2D eigenvalue weighted by molar-refractivity contribution is 5.26. The average molecular weight is 487 g/mol. The van der Waals surface area contributed by atoms with Gasteiger partial charge in [-0.05, 0) is 56.4 Å². The molecular formula is C33H62N2. The summed E-state index contributed by atoms with van der Waals surface area (Å²) in [6, 6.07) is 1.42. The first-order valence-corrected chi connectivity index (χ1v) is 16.5. The second-order valence-corrected chi connectivity index (χ2v) is 12.4. The van der Waals surface area contributed by atoms with E-state index in [9.17, 15) is 0 Å². The van der Waals surface area contributed by atoms with E-state index in [1.807, 2.05) is 5.57 Å². The number of nitrogens with zero attached hydrogens (tertiary/aromatic N) is 2. The van der Waals surface area contributed by atoms with E-state index in [-0.39, 0.29) is 0 Å². The molecule has 0 aromatic heterocycles. The van der Waals surface area contributed by atoms with E-state index in [1.165, 1.54) is 161 Å². The van der Waals surface area contributed by atoms with Crippen LogP contribution < -0.4 is 0 Å². The summed E-state index contributed by atoms with van der Waals surface area (Å²) in [5.41, 5.74) is 3.66. The van der Waals surface area contributed by atoms with Crippen molar-refractivity contribution in [2.24, 2.45) is 5.92 Å². The smallest absolute Gasteiger partial charge is 0.0547 e. The van der Waals surface area contributed by atoms with Crippen LogP contribution in [0.3, 0.4) is 0 Å². The summed E-state index contributed by atoms with van der Waals surface area (Å²) in [5, 5.41) is 5.77. The van der Waals surface area contributed by atoms with Gasteiger partial charge in [-0.3, -0.25) is 0 Å². The third kappa shape index (κ3) is 9.08. The van der Waals surface area contributed by atoms with E-state index >= 15 is 0 Å². The van der Waals surface area contributed by atoms with Crippen molar-refractivity contribution in [3.05, 3.63) is 11.3 Å². The fraction of sp³-hybridized carbons (Fsp3) is 0.939. The number of hydrazine groups is 1. The van der Waals surface area contributed by atoms with Crippen LogP contribution in [-0.4, -0.2) is 29.1 Å². The van der Waals surface area contributed by atoms with E-state index in [0.717, 1.165) is 12.0 Å². The number of likely N-dealkylation sites (N-methyl/N-ethyl adjacent to an activating group) is 1. The maximum absolute atomic E-state index is 2.93. The third-order valence-corrected chi connectivity index (χ3v) is 9.55. The summed E-state index contributed by atoms with van der Waals surface area (Å²) >= 11 is 0. The Balaban J connectivity index is 1.86. The van der Waals surface area contributed by atoms with E-state index in [2.05, 4.69) is 30.9 Å². The van der Waals surface area contributed by atoms with Crippen LogP contribution in [-0.2, 0) is 0 Å². The highest BCUT2D eigenvalue weighted by Crippen LogP contribution is 2.43. The Morgan fingerprint density at radius 1 is 0.571 bits per heavy atom. The van der Waals surface area contributed by atoms with Gasteiger partial charge in [0, 0.05) is 18.8 Å². The molecule has 0 radical (unpaired) electrons. The van der Waals surface area contributed by atoms with Crippen molar-refractivity contribution >= 4 is 0 Å². The Kier molecular flexibility index (Phi) is 14.2. The molecule has 1 aliphatic heterocycles. The second kappa shape index (κ2) is 17.1. The van der Waals surface area contributed by atoms with Crippen LogP contribution in [0.5, 0.6) is 0 Å². The first-order chi connectivity index (χ1) is 17.3. The van der Waals surface area contributed by atoms with Gasteiger partial charge in [0.25, 0.3) is 0 Å². The van der Waals surface area contributed by atoms with Gasteiger partial charge in [-0.25, -0.2) is 5.01 Å². The maximum Gasteiger partial charge on any atom is 0.0547 e. The molecule has 1 unspecified atom stereocenters. The third-order valence-electron chi connectivity index (χ3n) is 9.55. The number of hydrogen-bond acceptors (Lipinski definition) is 2. The van der Waals surface area contributed by atoms with Gasteiger partial charge in [0.2, 0.25) is 0 Å². The fourth-order valence-corrected chi connectivity index (χ4v) is 7.65. The van der Waals surface area contributed by atoms with Crippen molar-refractivity contribution in [3.8, 4) is 0 Å². The Labute approximate surface area is 220 Å². The Morgan fingerprint density at radius 2 is 1.03 bits per heavy atom. The van der Waals surface area contributed by atoms with Gasteiger partial charge in [0.05, 0.1) is 6.04 Å². The van der Waals surface area contributed by atoms with Gasteiger partial charge in [0.15, 0.2) is 0 Å². The van der Waals surface area contributed by atoms with Crippen LogP contribution in [0.1, 0.15) is 174 Å². The molecule has 3 rings (SSSR count). The minimum atomic E-state index is 0.682. The molecule has 2 saturated carbocycles. The summed E-state index contributed by atoms with van der Waals surface area (Å²) in [6.45, 7) is 4.81. The van der Waals surface area contributed by atoms with Crippen LogP contribution in [0.4, 0.5) is 0 Å². The Bertz CT molecular complexity index is 558. The standard InChI is InChI=1S/C33H62N2/c1-4-6-28-31-32(23-5-2)35(30-26-21-17-13-9-10-14-18-22-27-30)34(3)33(31)29-24-19-15-11-7-8-12-16-20-25-29/h29-30,33H,4-28H2,1-3H3. The summed E-state index contributed by atoms with van der Waals surface area (Å²) in [7, 11) is 2.51. The van der Waals surface area contributed by atoms with Crippen LogP contribution in [0.25, 0.3) is 0 Å². The van der Waals surface area contributed by atoms with Crippen molar-refractivity contribution in [1.29, 1.82) is 0 Å². The summed E-state index contributed by atoms with van der Waals surface area (Å²) in [5.74, 6) is 0.865. The molecule has 35 heavy (non-hydrogen) atoms. The van der Waals surface area contributed by atoms with Gasteiger partial charge in [-0.1, -0.05) is 129 Å². The summed E-state index contributed by atoms with van der Waals surface area (Å²) in [6.07, 6.45) is 35.8. The Morgan fingerprint density at radius 3 is 1.49 bits per heavy atom. The zero-order chi connectivity index (χ0) is 24.7. The predicted molar refractivity (Wildman–Crippen MR) is 154 cm³/mol. The van der Waals surface area contributed by atoms with Gasteiger partial charge in [-0.15, -0.1) is 0 Å². The normalized spacial score (nSPS) is 26.5. The number of allylic oxidation sites excluding steroid dienone is 1. The van der Waals surface area contributed by atoms with Crippen LogP contribution in [0.15, 0.2) is 11.3 Å². The summed E-state index contributed by atoms with van der Waals surface area (Å²) in [4.78, 5) is 0. The lowest BCUT2D eigenvalue weighted by atomic mass is 9.82. The zero-order valence-corrected chi connectivity index (χ0v) is 24.3. The molecule has 0 N–H and O–H groups in total. The van der Waals surface area contributed by atoms with Crippen molar-refractivity contribution in [3.63, 3.8) is 0 Å². The lowest BCUT2D eigenvalue weighted by Gasteiger charge is -2.41. The van der Waals surface area contributed by atoms with Crippen molar-refractivity contribution in [2.45, 2.75) is 186 Å². The predicted octanol–water partition coefficient (Wildman–Crippen LogP) is 10.6. The van der Waals surface area contributed by atoms with Crippen LogP contribution >= 0.6 is 0 Å². The molecule has 0 spiro atoms. The van der Waals surface area contributed by atoms with E-state index < -0.39 is 0 Å². The molecule has 2 fully saturated rings. The lowest BCUT2D eigenvalue weighted by Crippen LogP contribution is -2.48. The molecule has 2 aliphatic carbocycles. The molecule has 0 aromatic carbocycles. The molecule has 0 aromatic rings. The van der Waals surface area contributed by atoms with Gasteiger partial charge in [0.1, 0.15) is 0 Å². The van der Waals surface area contributed by atoms with Crippen molar-refractivity contribution in [1.82, 2.24) is 10.0 Å². The van der Waals surface area contributed by atoms with Crippen LogP contribution in [0, 0.1) is 5.92 Å². The topological polar surface area (TPSA) is 6.48 Å². The van der Waals surface area contributed by atoms with Crippen LogP contribution in [0.2, 0.25) is 0 Å². The quantitative estimate of drug-likeness (QED) is 0.353. The average Bonchev–Trinajstić information content (AvgIpc) is 3.07. The van der Waals surface area contributed by atoms with E-state index in [1.54, 1.807) is 5.70 Å². The molecule has 0 bridgehead atoms. The highest BCUT2D eigenvalue weighted by Gasteiger charge is 2.41. The minimum Gasteiger partial charge on any atom is -0.307 e. The minimum absolute atomic E-state index is 0.682. The number of unbranched alkanes of at least 4 members (excludes halogenated alkanes) is 1. The second-order valence-electron chi connectivity index (χ2n) is 12.4. The molecule has 2 heteroatoms. The largest absolute Gasteiger partial charge is 0.307 e. The van der Waals surface area contributed by atoms with Crippen molar-refractivity contribution in [2.75, 3.05) is 7.05 Å². The monoisotopic (exact) mass is 486 g/mol. The molecule has 3 aliphatic rings. The highest BCUT2D eigenvalue weighted by atomic mass is 15.7. The SMILES string of the molecule is CCCCC1=C(CCC)N(C2CCCCCCCCCC2)N(C)C1C1CCCCCCCCCC1. The van der Waals surface area contributed by atoms with Crippen molar-refractivity contribution < 1.29 is 0 Å². The van der Waals surface area contributed by atoms with E-state index in [0.29, 0.717) is 6.04 Å². The number of rotatable bonds is 7. The first-order valence-electron chi connectivity index (χ1n) is 16.5. The van der Waals surface area contributed by atoms with Gasteiger partial charge in [-0.2, -0.15) is 0 Å². The lowest BCUT2D eigenvalue weighted by molar-refractivity contribution is -0.0329. The van der Waals surface area contributed by atoms with Gasteiger partial charge < -0.3 is 5.01 Å². The van der Waals surface area contributed by atoms with E-state index in [4.69, 9.17) is 0 Å². The molecule has 1 atom stereocenters. The number of hydrogen-bond donors (Lipinski definition) is 0. The molecule has 0 amide bonds. The molecule has 0 saturated heterocycles. The van der Waals surface area contributed by atoms with Gasteiger partial charge >= 0.3 is 0 Å². The molecule has 1 heterocycles. The first kappa shape index (κ1) is 29.1. The zero-order valence-electron chi connectivity index (χ0n) is 24.3. The molecule has 204 valence electrons. The fourth-order valence-electron chi connectivity index (χ4n) is 7.65. The maximum atomic E-state index is 2.93. The molecular weight excluding hydrogens is 424 g/mol. The molecule has 2 nitrogen and oxygen atoms in total.